The van der Waals surface area contributed by atoms with E-state index in [2.05, 4.69) is 10.6 Å². The molecule has 0 radical (unpaired) electrons. The van der Waals surface area contributed by atoms with E-state index in [9.17, 15) is 14.0 Å². The van der Waals surface area contributed by atoms with Crippen LogP contribution in [0.1, 0.15) is 0 Å². The minimum absolute atomic E-state index is 0.106. The Labute approximate surface area is 174 Å². The maximum atomic E-state index is 12.9. The summed E-state index contributed by atoms with van der Waals surface area (Å²) in [7, 11) is 1.75. The van der Waals surface area contributed by atoms with E-state index in [1.165, 1.54) is 24.3 Å². The predicted molar refractivity (Wildman–Crippen MR) is 113 cm³/mol. The molecule has 154 valence electrons. The molecule has 3 N–H and O–H groups in total. The number of rotatable bonds is 8. The Hall–Kier alpha value is -3.71. The predicted octanol–water partition coefficient (Wildman–Crippen LogP) is 2.71. The van der Waals surface area contributed by atoms with Crippen molar-refractivity contribution < 1.29 is 23.6 Å². The molecule has 0 aromatic heterocycles. The van der Waals surface area contributed by atoms with E-state index in [0.29, 0.717) is 17.1 Å². The van der Waals surface area contributed by atoms with E-state index in [0.717, 1.165) is 10.6 Å². The molecule has 3 aromatic carbocycles. The Kier molecular flexibility index (Phi) is 7.13. The molecule has 2 amide bonds. The Bertz CT molecular complexity index is 977. The van der Waals surface area contributed by atoms with Gasteiger partial charge in [0.25, 0.3) is 11.8 Å². The lowest BCUT2D eigenvalue weighted by Gasteiger charge is -2.14. The fraction of sp³-hybridized carbons (Fsp3) is 0.130. The van der Waals surface area contributed by atoms with Gasteiger partial charge in [0.05, 0.1) is 7.05 Å². The van der Waals surface area contributed by atoms with E-state index in [4.69, 9.17) is 4.74 Å². The van der Waals surface area contributed by atoms with Crippen molar-refractivity contribution in [2.24, 2.45) is 0 Å². The van der Waals surface area contributed by atoms with Crippen LogP contribution < -0.4 is 20.3 Å². The Morgan fingerprint density at radius 1 is 0.767 bits per heavy atom. The second-order valence-corrected chi connectivity index (χ2v) is 6.85. The monoisotopic (exact) mass is 408 g/mol. The highest BCUT2D eigenvalue weighted by Gasteiger charge is 2.14. The highest BCUT2D eigenvalue weighted by molar-refractivity contribution is 5.93. The van der Waals surface area contributed by atoms with Gasteiger partial charge in [0.15, 0.2) is 13.1 Å². The zero-order chi connectivity index (χ0) is 21.3. The number of carbonyl (C=O) groups excluding carboxylic acids is 2. The lowest BCUT2D eigenvalue weighted by molar-refractivity contribution is -0.862. The minimum Gasteiger partial charge on any atom is -0.457 e. The number of hydrogen-bond donors (Lipinski definition) is 3. The normalized spacial score (nSPS) is 11.4. The Balaban J connectivity index is 1.44. The fourth-order valence-corrected chi connectivity index (χ4v) is 2.79. The summed E-state index contributed by atoms with van der Waals surface area (Å²) in [4.78, 5) is 25.0. The number of nitrogens with one attached hydrogen (secondary N) is 3. The zero-order valence-electron chi connectivity index (χ0n) is 16.5. The number of benzene rings is 3. The van der Waals surface area contributed by atoms with Crippen LogP contribution in [0.2, 0.25) is 0 Å². The van der Waals surface area contributed by atoms with Gasteiger partial charge in [-0.2, -0.15) is 0 Å². The van der Waals surface area contributed by atoms with Crippen molar-refractivity contribution in [1.82, 2.24) is 0 Å². The Morgan fingerprint density at radius 2 is 1.23 bits per heavy atom. The molecular formula is C23H23FN3O3+. The molecule has 0 spiro atoms. The number of para-hydroxylation sites is 1. The van der Waals surface area contributed by atoms with Crippen molar-refractivity contribution in [3.8, 4) is 11.5 Å². The van der Waals surface area contributed by atoms with Crippen LogP contribution in [0.3, 0.4) is 0 Å². The summed E-state index contributed by atoms with van der Waals surface area (Å²) in [6.07, 6.45) is 0. The van der Waals surface area contributed by atoms with Gasteiger partial charge in [-0.25, -0.2) is 4.39 Å². The molecule has 30 heavy (non-hydrogen) atoms. The van der Waals surface area contributed by atoms with Crippen molar-refractivity contribution in [2.45, 2.75) is 0 Å². The molecule has 0 fully saturated rings. The van der Waals surface area contributed by atoms with Crippen LogP contribution in [0.15, 0.2) is 78.9 Å². The first kappa shape index (κ1) is 21.0. The number of halogens is 1. The molecule has 0 bridgehead atoms. The van der Waals surface area contributed by atoms with Crippen molar-refractivity contribution in [3.05, 3.63) is 84.7 Å². The number of ether oxygens (including phenoxy) is 1. The van der Waals surface area contributed by atoms with Crippen LogP contribution in [0, 0.1) is 5.82 Å². The quantitative estimate of drug-likeness (QED) is 0.537. The summed E-state index contributed by atoms with van der Waals surface area (Å²) in [5.41, 5.74) is 1.15. The lowest BCUT2D eigenvalue weighted by atomic mass is 10.3. The molecule has 0 saturated carbocycles. The van der Waals surface area contributed by atoms with E-state index in [-0.39, 0.29) is 30.7 Å². The zero-order valence-corrected chi connectivity index (χ0v) is 16.5. The first-order chi connectivity index (χ1) is 14.5. The number of anilines is 2. The minimum atomic E-state index is -0.368. The number of hydrogen-bond acceptors (Lipinski definition) is 3. The maximum Gasteiger partial charge on any atom is 0.279 e. The number of carbonyl (C=O) groups is 2. The molecule has 0 aliphatic heterocycles. The highest BCUT2D eigenvalue weighted by atomic mass is 19.1. The van der Waals surface area contributed by atoms with E-state index in [1.54, 1.807) is 31.3 Å². The summed E-state index contributed by atoms with van der Waals surface area (Å²) in [6.45, 7) is 0.230. The van der Waals surface area contributed by atoms with Crippen molar-refractivity contribution in [3.63, 3.8) is 0 Å². The Morgan fingerprint density at radius 3 is 1.77 bits per heavy atom. The number of quaternary nitrogens is 1. The third-order valence-electron chi connectivity index (χ3n) is 4.17. The first-order valence-corrected chi connectivity index (χ1v) is 9.47. The second kappa shape index (κ2) is 10.2. The molecule has 1 unspecified atom stereocenters. The molecule has 7 heteroatoms. The van der Waals surface area contributed by atoms with Crippen LogP contribution >= 0.6 is 0 Å². The molecule has 6 nitrogen and oxygen atoms in total. The largest absolute Gasteiger partial charge is 0.457 e. The van der Waals surface area contributed by atoms with Crippen LogP contribution in [-0.4, -0.2) is 32.0 Å². The van der Waals surface area contributed by atoms with Gasteiger partial charge in [-0.1, -0.05) is 18.2 Å². The molecule has 1 atom stereocenters. The van der Waals surface area contributed by atoms with Crippen molar-refractivity contribution in [2.75, 3.05) is 30.8 Å². The smallest absolute Gasteiger partial charge is 0.279 e. The summed E-state index contributed by atoms with van der Waals surface area (Å²) in [6, 6.07) is 22.0. The molecule has 0 aliphatic rings. The molecule has 0 aliphatic carbocycles. The number of likely N-dealkylation sites (N-methyl/N-ethyl adjacent to an activating group) is 1. The average Bonchev–Trinajstić information content (AvgIpc) is 2.71. The lowest BCUT2D eigenvalue weighted by Crippen LogP contribution is -3.11. The van der Waals surface area contributed by atoms with Gasteiger partial charge in [0, 0.05) is 11.4 Å². The van der Waals surface area contributed by atoms with Crippen LogP contribution in [-0.2, 0) is 9.59 Å². The number of amides is 2. The summed E-state index contributed by atoms with van der Waals surface area (Å²) >= 11 is 0. The van der Waals surface area contributed by atoms with Gasteiger partial charge in [0.1, 0.15) is 17.3 Å². The van der Waals surface area contributed by atoms with Gasteiger partial charge in [0.2, 0.25) is 0 Å². The maximum absolute atomic E-state index is 12.9. The summed E-state index contributed by atoms with van der Waals surface area (Å²) < 4.78 is 18.6. The topological polar surface area (TPSA) is 71.9 Å². The highest BCUT2D eigenvalue weighted by Crippen LogP contribution is 2.22. The van der Waals surface area contributed by atoms with Crippen molar-refractivity contribution in [1.29, 1.82) is 0 Å². The van der Waals surface area contributed by atoms with Gasteiger partial charge in [-0.15, -0.1) is 0 Å². The fourth-order valence-electron chi connectivity index (χ4n) is 2.79. The second-order valence-electron chi connectivity index (χ2n) is 6.85. The third-order valence-corrected chi connectivity index (χ3v) is 4.17. The van der Waals surface area contributed by atoms with Gasteiger partial charge in [-0.05, 0) is 60.7 Å². The van der Waals surface area contributed by atoms with Crippen LogP contribution in [0.4, 0.5) is 15.8 Å². The molecule has 3 aromatic rings. The van der Waals surface area contributed by atoms with Gasteiger partial charge >= 0.3 is 0 Å². The first-order valence-electron chi connectivity index (χ1n) is 9.47. The molecule has 0 heterocycles. The van der Waals surface area contributed by atoms with Gasteiger partial charge < -0.3 is 20.3 Å². The van der Waals surface area contributed by atoms with Crippen LogP contribution in [0.25, 0.3) is 0 Å². The molecule has 0 saturated heterocycles. The SMILES string of the molecule is C[NH+](CC(=O)Nc1ccc(F)cc1)CC(=O)Nc1ccc(Oc2ccccc2)cc1. The summed E-state index contributed by atoms with van der Waals surface area (Å²) in [5, 5.41) is 5.48. The standard InChI is InChI=1S/C23H22FN3O3/c1-27(15-22(28)25-18-9-7-17(24)8-10-18)16-23(29)26-19-11-13-21(14-12-19)30-20-5-3-2-4-6-20/h2-14H,15-16H2,1H3,(H,25,28)(H,26,29)/p+1. The van der Waals surface area contributed by atoms with Gasteiger partial charge in [-0.3, -0.25) is 9.59 Å². The average molecular weight is 408 g/mol. The molecular weight excluding hydrogens is 385 g/mol. The van der Waals surface area contributed by atoms with Crippen molar-refractivity contribution >= 4 is 23.2 Å². The third kappa shape index (κ3) is 6.72. The summed E-state index contributed by atoms with van der Waals surface area (Å²) in [5.74, 6) is 0.568. The van der Waals surface area contributed by atoms with E-state index >= 15 is 0 Å². The molecule has 3 rings (SSSR count). The van der Waals surface area contributed by atoms with E-state index in [1.807, 2.05) is 30.3 Å². The van der Waals surface area contributed by atoms with Crippen LogP contribution in [0.5, 0.6) is 11.5 Å². The van der Waals surface area contributed by atoms with E-state index < -0.39 is 0 Å².